The summed E-state index contributed by atoms with van der Waals surface area (Å²) in [5.74, 6) is -0.746. The Hall–Kier alpha value is -2.45. The summed E-state index contributed by atoms with van der Waals surface area (Å²) in [4.78, 5) is 38.6. The Kier molecular flexibility index (Phi) is 5.85. The molecule has 2 saturated heterocycles. The summed E-state index contributed by atoms with van der Waals surface area (Å²) in [5.41, 5.74) is 6.03. The van der Waals surface area contributed by atoms with E-state index in [-0.39, 0.29) is 42.9 Å². The van der Waals surface area contributed by atoms with Crippen LogP contribution in [0.4, 0.5) is 0 Å². The van der Waals surface area contributed by atoms with Crippen LogP contribution < -0.4 is 16.4 Å². The normalized spacial score (nSPS) is 25.1. The molecule has 1 aromatic carbocycles. The summed E-state index contributed by atoms with van der Waals surface area (Å²) in [6.07, 6.45) is 1.13. The second-order valence-corrected chi connectivity index (χ2v) is 6.61. The average Bonchev–Trinajstić information content (AvgIpc) is 3.31. The number of likely N-dealkylation sites (tertiary alicyclic amines) is 1. The largest absolute Gasteiger partial charge is 0.379 e. The lowest BCUT2D eigenvalue weighted by Crippen LogP contribution is -2.50. The first-order chi connectivity index (χ1) is 12.6. The van der Waals surface area contributed by atoms with E-state index in [9.17, 15) is 14.4 Å². The molecule has 2 heterocycles. The number of carbonyl (C=O) groups is 3. The Bertz CT molecular complexity index is 660. The van der Waals surface area contributed by atoms with Crippen LogP contribution in [0.15, 0.2) is 30.3 Å². The van der Waals surface area contributed by atoms with Gasteiger partial charge in [-0.1, -0.05) is 18.2 Å². The molecule has 8 heteroatoms. The minimum absolute atomic E-state index is 0.0321. The van der Waals surface area contributed by atoms with Gasteiger partial charge in [0.05, 0.1) is 19.2 Å². The maximum Gasteiger partial charge on any atom is 0.251 e. The van der Waals surface area contributed by atoms with Gasteiger partial charge in [0.25, 0.3) is 5.91 Å². The molecule has 1 aromatic rings. The summed E-state index contributed by atoms with van der Waals surface area (Å²) >= 11 is 0. The minimum atomic E-state index is -0.632. The summed E-state index contributed by atoms with van der Waals surface area (Å²) in [6, 6.07) is 7.88. The zero-order chi connectivity index (χ0) is 18.5. The first kappa shape index (κ1) is 18.3. The van der Waals surface area contributed by atoms with E-state index in [1.807, 2.05) is 6.07 Å². The Morgan fingerprint density at radius 3 is 2.58 bits per heavy atom. The van der Waals surface area contributed by atoms with E-state index in [4.69, 9.17) is 10.5 Å². The topological polar surface area (TPSA) is 114 Å². The van der Waals surface area contributed by atoms with Gasteiger partial charge in [-0.05, 0) is 25.0 Å². The molecule has 2 fully saturated rings. The van der Waals surface area contributed by atoms with Gasteiger partial charge >= 0.3 is 0 Å². The molecule has 26 heavy (non-hydrogen) atoms. The summed E-state index contributed by atoms with van der Waals surface area (Å²) in [5, 5.41) is 5.83. The fourth-order valence-electron chi connectivity index (χ4n) is 3.39. The molecule has 2 aliphatic rings. The molecule has 4 N–H and O–H groups in total. The van der Waals surface area contributed by atoms with E-state index in [1.54, 1.807) is 24.3 Å². The van der Waals surface area contributed by atoms with E-state index in [0.29, 0.717) is 25.2 Å². The van der Waals surface area contributed by atoms with Crippen LogP contribution in [0, 0.1) is 0 Å². The molecule has 0 radical (unpaired) electrons. The van der Waals surface area contributed by atoms with Crippen molar-refractivity contribution in [3.63, 3.8) is 0 Å². The Morgan fingerprint density at radius 2 is 1.92 bits per heavy atom. The molecule has 0 spiro atoms. The molecule has 0 bridgehead atoms. The zero-order valence-electron chi connectivity index (χ0n) is 14.5. The van der Waals surface area contributed by atoms with Crippen LogP contribution in [0.25, 0.3) is 0 Å². The fourth-order valence-corrected chi connectivity index (χ4v) is 3.39. The molecular weight excluding hydrogens is 336 g/mol. The number of carbonyl (C=O) groups excluding carboxylic acids is 3. The average molecular weight is 360 g/mol. The molecule has 2 aliphatic heterocycles. The van der Waals surface area contributed by atoms with Gasteiger partial charge in [0.15, 0.2) is 0 Å². The lowest BCUT2D eigenvalue weighted by atomic mass is 10.1. The Balaban J connectivity index is 1.65. The number of hydrogen-bond acceptors (Lipinski definition) is 5. The predicted octanol–water partition coefficient (Wildman–Crippen LogP) is -0.750. The Morgan fingerprint density at radius 1 is 1.15 bits per heavy atom. The quantitative estimate of drug-likeness (QED) is 0.639. The standard InChI is InChI=1S/C18H24N4O4/c19-9-16(23)22-10-14(21-17(24)12-4-2-1-3-5-12)8-15(22)18(25)20-13-6-7-26-11-13/h1-5,13-15H,6-11,19H2,(H,20,25)(H,21,24)/t13?,14-,15+/m1/s1. The van der Waals surface area contributed by atoms with Crippen molar-refractivity contribution in [1.29, 1.82) is 0 Å². The number of amides is 3. The van der Waals surface area contributed by atoms with E-state index in [0.717, 1.165) is 6.42 Å². The molecule has 140 valence electrons. The lowest BCUT2D eigenvalue weighted by Gasteiger charge is -2.24. The van der Waals surface area contributed by atoms with Crippen LogP contribution in [0.5, 0.6) is 0 Å². The highest BCUT2D eigenvalue weighted by Gasteiger charge is 2.40. The number of ether oxygens (including phenoxy) is 1. The predicted molar refractivity (Wildman–Crippen MR) is 94.2 cm³/mol. The molecule has 3 amide bonds. The van der Waals surface area contributed by atoms with Crippen LogP contribution in [0.2, 0.25) is 0 Å². The number of nitrogens with zero attached hydrogens (tertiary/aromatic N) is 1. The van der Waals surface area contributed by atoms with E-state index in [2.05, 4.69) is 10.6 Å². The van der Waals surface area contributed by atoms with Gasteiger partial charge < -0.3 is 26.0 Å². The van der Waals surface area contributed by atoms with E-state index >= 15 is 0 Å². The number of hydrogen-bond donors (Lipinski definition) is 3. The number of nitrogens with one attached hydrogen (secondary N) is 2. The second-order valence-electron chi connectivity index (χ2n) is 6.61. The highest BCUT2D eigenvalue weighted by atomic mass is 16.5. The van der Waals surface area contributed by atoms with Gasteiger partial charge in [0.1, 0.15) is 6.04 Å². The summed E-state index contributed by atoms with van der Waals surface area (Å²) < 4.78 is 5.27. The molecular formula is C18H24N4O4. The van der Waals surface area contributed by atoms with Crippen LogP contribution >= 0.6 is 0 Å². The fraction of sp³-hybridized carbons (Fsp3) is 0.500. The van der Waals surface area contributed by atoms with Crippen molar-refractivity contribution in [2.75, 3.05) is 26.3 Å². The molecule has 3 rings (SSSR count). The van der Waals surface area contributed by atoms with Gasteiger partial charge in [-0.15, -0.1) is 0 Å². The van der Waals surface area contributed by atoms with Crippen molar-refractivity contribution in [2.45, 2.75) is 31.0 Å². The number of nitrogens with two attached hydrogens (primary N) is 1. The van der Waals surface area contributed by atoms with Gasteiger partial charge in [-0.2, -0.15) is 0 Å². The molecule has 0 aromatic heterocycles. The summed E-state index contributed by atoms with van der Waals surface area (Å²) in [7, 11) is 0. The second kappa shape index (κ2) is 8.29. The van der Waals surface area contributed by atoms with Gasteiger partial charge in [-0.3, -0.25) is 14.4 Å². The van der Waals surface area contributed by atoms with E-state index in [1.165, 1.54) is 4.90 Å². The third-order valence-electron chi connectivity index (χ3n) is 4.75. The van der Waals surface area contributed by atoms with E-state index < -0.39 is 6.04 Å². The highest BCUT2D eigenvalue weighted by molar-refractivity contribution is 5.95. The summed E-state index contributed by atoms with van der Waals surface area (Å²) in [6.45, 7) is 1.21. The SMILES string of the molecule is NCC(=O)N1C[C@H](NC(=O)c2ccccc2)C[C@H]1C(=O)NC1CCOC1. The van der Waals surface area contributed by atoms with Crippen molar-refractivity contribution in [2.24, 2.45) is 5.73 Å². The Labute approximate surface area is 152 Å². The number of rotatable bonds is 5. The van der Waals surface area contributed by atoms with Crippen LogP contribution in [0.3, 0.4) is 0 Å². The van der Waals surface area contributed by atoms with Crippen LogP contribution in [-0.2, 0) is 14.3 Å². The van der Waals surface area contributed by atoms with Crippen LogP contribution in [0.1, 0.15) is 23.2 Å². The molecule has 3 atom stereocenters. The smallest absolute Gasteiger partial charge is 0.251 e. The third-order valence-corrected chi connectivity index (χ3v) is 4.75. The maximum absolute atomic E-state index is 12.6. The molecule has 0 saturated carbocycles. The molecule has 1 unspecified atom stereocenters. The molecule has 8 nitrogen and oxygen atoms in total. The van der Waals surface area contributed by atoms with Crippen molar-refractivity contribution < 1.29 is 19.1 Å². The van der Waals surface area contributed by atoms with Gasteiger partial charge in [0.2, 0.25) is 11.8 Å². The van der Waals surface area contributed by atoms with Crippen molar-refractivity contribution in [3.05, 3.63) is 35.9 Å². The highest BCUT2D eigenvalue weighted by Crippen LogP contribution is 2.19. The maximum atomic E-state index is 12.6. The monoisotopic (exact) mass is 360 g/mol. The van der Waals surface area contributed by atoms with Crippen molar-refractivity contribution >= 4 is 17.7 Å². The van der Waals surface area contributed by atoms with Gasteiger partial charge in [-0.25, -0.2) is 0 Å². The minimum Gasteiger partial charge on any atom is -0.379 e. The zero-order valence-corrected chi connectivity index (χ0v) is 14.5. The van der Waals surface area contributed by atoms with Crippen molar-refractivity contribution in [3.8, 4) is 0 Å². The molecule has 0 aliphatic carbocycles. The number of benzene rings is 1. The van der Waals surface area contributed by atoms with Crippen molar-refractivity contribution in [1.82, 2.24) is 15.5 Å². The first-order valence-electron chi connectivity index (χ1n) is 8.82. The van der Waals surface area contributed by atoms with Gasteiger partial charge in [0, 0.05) is 24.8 Å². The first-order valence-corrected chi connectivity index (χ1v) is 8.82. The lowest BCUT2D eigenvalue weighted by molar-refractivity contribution is -0.137. The third kappa shape index (κ3) is 4.20. The van der Waals surface area contributed by atoms with Crippen LogP contribution in [-0.4, -0.2) is 67.1 Å².